The van der Waals surface area contributed by atoms with Gasteiger partial charge < -0.3 is 33.3 Å². The van der Waals surface area contributed by atoms with E-state index in [1.807, 2.05) is 21.1 Å². The molecular formula is C74H121NO8. The van der Waals surface area contributed by atoms with Crippen molar-refractivity contribution in [1.82, 2.24) is 0 Å². The van der Waals surface area contributed by atoms with Crippen molar-refractivity contribution in [2.45, 2.75) is 257 Å². The van der Waals surface area contributed by atoms with Crippen LogP contribution in [0.25, 0.3) is 0 Å². The van der Waals surface area contributed by atoms with Gasteiger partial charge in [0.2, 0.25) is 0 Å². The number of carboxylic acids is 1. The molecule has 470 valence electrons. The molecule has 0 saturated heterocycles. The second kappa shape index (κ2) is 63.2. The molecule has 0 aliphatic heterocycles. The Balaban J connectivity index is 4.09. The van der Waals surface area contributed by atoms with Gasteiger partial charge >= 0.3 is 11.9 Å². The lowest BCUT2D eigenvalue weighted by Crippen LogP contribution is -2.44. The molecule has 0 bridgehead atoms. The second-order valence-corrected chi connectivity index (χ2v) is 22.6. The number of allylic oxidation sites excluding steroid dienone is 24. The van der Waals surface area contributed by atoms with Gasteiger partial charge in [-0.25, -0.2) is 0 Å². The van der Waals surface area contributed by atoms with Gasteiger partial charge in [-0.05, 0) is 116 Å². The van der Waals surface area contributed by atoms with E-state index in [0.717, 1.165) is 122 Å². The summed E-state index contributed by atoms with van der Waals surface area (Å²) < 4.78 is 22.7. The van der Waals surface area contributed by atoms with Crippen LogP contribution >= 0.6 is 0 Å². The summed E-state index contributed by atoms with van der Waals surface area (Å²) in [5.74, 6) is -2.32. The zero-order chi connectivity index (χ0) is 60.5. The van der Waals surface area contributed by atoms with Crippen LogP contribution in [0.5, 0.6) is 0 Å². The van der Waals surface area contributed by atoms with Crippen LogP contribution in [0, 0.1) is 0 Å². The predicted octanol–water partition coefficient (Wildman–Crippen LogP) is 19.0. The van der Waals surface area contributed by atoms with Crippen LogP contribution in [0.1, 0.15) is 245 Å². The maximum absolute atomic E-state index is 12.9. The molecule has 0 fully saturated rings. The molecule has 0 aromatic carbocycles. The van der Waals surface area contributed by atoms with Gasteiger partial charge in [0.1, 0.15) is 13.2 Å². The third-order valence-corrected chi connectivity index (χ3v) is 13.6. The van der Waals surface area contributed by atoms with Crippen LogP contribution in [-0.2, 0) is 33.3 Å². The highest BCUT2D eigenvalue weighted by atomic mass is 16.7. The van der Waals surface area contributed by atoms with Gasteiger partial charge in [0, 0.05) is 12.8 Å². The van der Waals surface area contributed by atoms with E-state index in [-0.39, 0.29) is 38.6 Å². The van der Waals surface area contributed by atoms with E-state index in [1.54, 1.807) is 0 Å². The van der Waals surface area contributed by atoms with Crippen LogP contribution in [0.4, 0.5) is 0 Å². The van der Waals surface area contributed by atoms with Gasteiger partial charge in [0.25, 0.3) is 0 Å². The largest absolute Gasteiger partial charge is 0.545 e. The molecule has 0 amide bonds. The van der Waals surface area contributed by atoms with Gasteiger partial charge in [-0.1, -0.05) is 262 Å². The number of esters is 2. The van der Waals surface area contributed by atoms with Crippen LogP contribution in [-0.4, -0.2) is 82.3 Å². The smallest absolute Gasteiger partial charge is 0.306 e. The fourth-order valence-electron chi connectivity index (χ4n) is 8.60. The number of rotatable bonds is 59. The molecule has 0 spiro atoms. The zero-order valence-corrected chi connectivity index (χ0v) is 53.5. The first-order valence-electron chi connectivity index (χ1n) is 33.0. The lowest BCUT2D eigenvalue weighted by molar-refractivity contribution is -0.870. The normalized spacial score (nSPS) is 13.7. The van der Waals surface area contributed by atoms with E-state index in [0.29, 0.717) is 23.9 Å². The summed E-state index contributed by atoms with van der Waals surface area (Å²) in [6, 6.07) is 0. The Kier molecular flexibility index (Phi) is 59.5. The maximum Gasteiger partial charge on any atom is 0.306 e. The van der Waals surface area contributed by atoms with Crippen molar-refractivity contribution in [3.8, 4) is 0 Å². The Labute approximate surface area is 509 Å². The standard InChI is InChI=1S/C74H121NO8/c1-6-8-10-12-14-16-18-20-22-24-25-26-27-28-29-30-31-32-33-34-35-36-37-38-39-40-41-42-43-44-45-46-47-49-51-53-55-57-59-61-63-65-72(77)83-70(69-82-74(73(78)79)80-67-66-75(3,4)5)68-81-71(76)64-62-60-58-56-54-52-50-48-23-21-19-17-15-13-11-9-7-2/h8-11,14-17,20-23,25-26,28-29,31-32,34-35,37-38,50,52,70,74H,6-7,12-13,18-19,24,27,30,33,36,39-49,51,53-69H2,1-5H3/b10-8-,11-9-,16-14-,17-15-,22-20-,23-21-,26-25-,29-28-,32-31-,35-34-,38-37-,52-50-. The summed E-state index contributed by atoms with van der Waals surface area (Å²) in [7, 11) is 5.91. The minimum atomic E-state index is -1.63. The Morgan fingerprint density at radius 3 is 0.964 bits per heavy atom. The number of aliphatic carboxylic acids is 1. The topological polar surface area (TPSA) is 111 Å². The number of hydrogen-bond acceptors (Lipinski definition) is 8. The molecule has 2 atom stereocenters. The lowest BCUT2D eigenvalue weighted by atomic mass is 10.0. The molecule has 0 radical (unpaired) electrons. The van der Waals surface area contributed by atoms with E-state index >= 15 is 0 Å². The van der Waals surface area contributed by atoms with Crippen molar-refractivity contribution >= 4 is 17.9 Å². The lowest BCUT2D eigenvalue weighted by Gasteiger charge is -2.26. The average molecular weight is 1150 g/mol. The van der Waals surface area contributed by atoms with Crippen LogP contribution in [0.2, 0.25) is 0 Å². The Hall–Kier alpha value is -4.83. The molecule has 0 saturated carbocycles. The molecule has 9 nitrogen and oxygen atoms in total. The molecule has 2 unspecified atom stereocenters. The van der Waals surface area contributed by atoms with Crippen LogP contribution < -0.4 is 5.11 Å². The van der Waals surface area contributed by atoms with E-state index < -0.39 is 24.3 Å². The van der Waals surface area contributed by atoms with Gasteiger partial charge in [0.15, 0.2) is 12.4 Å². The Morgan fingerprint density at radius 1 is 0.361 bits per heavy atom. The molecule has 83 heavy (non-hydrogen) atoms. The molecular weight excluding hydrogens is 1030 g/mol. The highest BCUT2D eigenvalue weighted by Gasteiger charge is 2.22. The summed E-state index contributed by atoms with van der Waals surface area (Å²) in [6.45, 7) is 4.48. The van der Waals surface area contributed by atoms with E-state index in [1.165, 1.54) is 83.5 Å². The molecule has 0 rings (SSSR count). The molecule has 0 aliphatic carbocycles. The number of quaternary nitrogens is 1. The maximum atomic E-state index is 12.9. The number of carbonyl (C=O) groups excluding carboxylic acids is 3. The molecule has 0 N–H and O–H groups in total. The Morgan fingerprint density at radius 2 is 0.651 bits per heavy atom. The first-order valence-corrected chi connectivity index (χ1v) is 33.0. The fraction of sp³-hybridized carbons (Fsp3) is 0.635. The van der Waals surface area contributed by atoms with Crippen molar-refractivity contribution in [3.63, 3.8) is 0 Å². The number of carbonyl (C=O) groups is 3. The molecule has 9 heteroatoms. The highest BCUT2D eigenvalue weighted by molar-refractivity contribution is 5.70. The first kappa shape index (κ1) is 78.2. The number of hydrogen-bond donors (Lipinski definition) is 0. The number of ether oxygens (including phenoxy) is 4. The summed E-state index contributed by atoms with van der Waals surface area (Å²) in [5.41, 5.74) is 0. The quantitative estimate of drug-likeness (QED) is 0.0195. The zero-order valence-electron chi connectivity index (χ0n) is 53.5. The number of likely N-dealkylation sites (N-methyl/N-ethyl adjacent to an activating group) is 1. The molecule has 0 heterocycles. The molecule has 0 aliphatic rings. The fourth-order valence-corrected chi connectivity index (χ4v) is 8.60. The Bertz CT molecular complexity index is 1870. The van der Waals surface area contributed by atoms with Gasteiger partial charge in [-0.15, -0.1) is 0 Å². The summed E-state index contributed by atoms with van der Waals surface area (Å²) in [4.78, 5) is 37.3. The molecule has 0 aromatic heterocycles. The molecule has 0 aromatic rings. The van der Waals surface area contributed by atoms with Gasteiger partial charge in [0.05, 0.1) is 40.3 Å². The average Bonchev–Trinajstić information content (AvgIpc) is 3.46. The third kappa shape index (κ3) is 64.6. The second-order valence-electron chi connectivity index (χ2n) is 22.6. The monoisotopic (exact) mass is 1150 g/mol. The number of carboxylic acid groups (broad SMARTS) is 1. The number of unbranched alkanes of at least 4 members (excludes halogenated alkanes) is 20. The van der Waals surface area contributed by atoms with E-state index in [9.17, 15) is 19.5 Å². The minimum absolute atomic E-state index is 0.138. The van der Waals surface area contributed by atoms with E-state index in [2.05, 4.69) is 160 Å². The first-order chi connectivity index (χ1) is 40.6. The minimum Gasteiger partial charge on any atom is -0.545 e. The van der Waals surface area contributed by atoms with Crippen molar-refractivity contribution < 1.29 is 42.9 Å². The van der Waals surface area contributed by atoms with E-state index in [4.69, 9.17) is 18.9 Å². The predicted molar refractivity (Wildman–Crippen MR) is 352 cm³/mol. The summed E-state index contributed by atoms with van der Waals surface area (Å²) in [6.07, 6.45) is 89.3. The van der Waals surface area contributed by atoms with Crippen molar-refractivity contribution in [3.05, 3.63) is 146 Å². The van der Waals surface area contributed by atoms with Crippen molar-refractivity contribution in [2.75, 3.05) is 47.5 Å². The van der Waals surface area contributed by atoms with Crippen LogP contribution in [0.15, 0.2) is 146 Å². The highest BCUT2D eigenvalue weighted by Crippen LogP contribution is 2.16. The third-order valence-electron chi connectivity index (χ3n) is 13.6. The van der Waals surface area contributed by atoms with Crippen molar-refractivity contribution in [2.24, 2.45) is 0 Å². The summed E-state index contributed by atoms with van der Waals surface area (Å²) >= 11 is 0. The SMILES string of the molecule is CC/C=C\C/C=C\C/C=C\C/C=C\C/C=C\C/C=C\C/C=C\C/C=C\CCCCCCCCCCCCCCCCCCC(=O)OC(COC(=O)CCCCCC/C=C\C/C=C\C/C=C\C/C=C\CC)COC(OCC[N+](C)(C)C)C(=O)[O-]. The van der Waals surface area contributed by atoms with Gasteiger partial charge in [-0.3, -0.25) is 9.59 Å². The summed E-state index contributed by atoms with van der Waals surface area (Å²) in [5, 5.41) is 11.8. The van der Waals surface area contributed by atoms with Crippen molar-refractivity contribution in [1.29, 1.82) is 0 Å². The van der Waals surface area contributed by atoms with Gasteiger partial charge in [-0.2, -0.15) is 0 Å². The van der Waals surface area contributed by atoms with Crippen LogP contribution in [0.3, 0.4) is 0 Å². The number of nitrogens with zero attached hydrogens (tertiary/aromatic N) is 1.